The number of amides is 2. The number of benzene rings is 2. The molecule has 4 aliphatic rings. The summed E-state index contributed by atoms with van der Waals surface area (Å²) in [6.07, 6.45) is 1.60. The third-order valence-corrected chi connectivity index (χ3v) is 8.20. The molecule has 3 aromatic rings. The lowest BCUT2D eigenvalue weighted by Gasteiger charge is -2.35. The number of halogens is 1. The quantitative estimate of drug-likeness (QED) is 0.434. The van der Waals surface area contributed by atoms with Gasteiger partial charge in [0.1, 0.15) is 29.8 Å². The van der Waals surface area contributed by atoms with Gasteiger partial charge in [0.2, 0.25) is 5.91 Å². The molecule has 0 N–H and O–H groups in total. The Morgan fingerprint density at radius 2 is 1.97 bits per heavy atom. The molecular formula is C24H18BrN5O3S. The highest BCUT2D eigenvalue weighted by molar-refractivity contribution is 9.10. The first-order chi connectivity index (χ1) is 16.5. The number of nitriles is 1. The number of hydrogen-bond acceptors (Lipinski definition) is 6. The van der Waals surface area contributed by atoms with Crippen molar-refractivity contribution in [3.63, 3.8) is 0 Å². The van der Waals surface area contributed by atoms with Gasteiger partial charge in [-0.25, -0.2) is 4.98 Å². The van der Waals surface area contributed by atoms with Gasteiger partial charge in [-0.3, -0.25) is 9.59 Å². The largest absolute Gasteiger partial charge is 0.456 e. The summed E-state index contributed by atoms with van der Waals surface area (Å²) in [6, 6.07) is 13.2. The van der Waals surface area contributed by atoms with Crippen LogP contribution in [0.1, 0.15) is 33.2 Å². The molecule has 1 atom stereocenters. The second kappa shape index (κ2) is 8.18. The van der Waals surface area contributed by atoms with E-state index in [2.05, 4.69) is 27.0 Å². The van der Waals surface area contributed by atoms with E-state index in [9.17, 15) is 14.9 Å². The van der Waals surface area contributed by atoms with Crippen molar-refractivity contribution in [2.45, 2.75) is 17.7 Å². The number of carbonyl (C=O) groups excluding carboxylic acids is 2. The van der Waals surface area contributed by atoms with Gasteiger partial charge in [0.15, 0.2) is 5.16 Å². The number of nitrogens with zero attached hydrogens (tertiary/aromatic N) is 5. The second-order valence-corrected chi connectivity index (χ2v) is 10.2. The average Bonchev–Trinajstić information content (AvgIpc) is 3.44. The van der Waals surface area contributed by atoms with Crippen LogP contribution < -0.4 is 4.74 Å². The summed E-state index contributed by atoms with van der Waals surface area (Å²) in [5, 5.41) is 10.4. The van der Waals surface area contributed by atoms with Gasteiger partial charge in [0.05, 0.1) is 17.8 Å². The first-order valence-corrected chi connectivity index (χ1v) is 12.6. The fourth-order valence-electron chi connectivity index (χ4n) is 4.59. The Kier molecular flexibility index (Phi) is 5.12. The minimum absolute atomic E-state index is 0.0337. The van der Waals surface area contributed by atoms with E-state index in [0.717, 1.165) is 20.8 Å². The number of ether oxygens (including phenoxy) is 1. The molecule has 1 fully saturated rings. The summed E-state index contributed by atoms with van der Waals surface area (Å²) in [4.78, 5) is 34.2. The molecule has 8 nitrogen and oxygen atoms in total. The van der Waals surface area contributed by atoms with Crippen molar-refractivity contribution in [2.75, 3.05) is 25.4 Å². The molecule has 2 aromatic carbocycles. The van der Waals surface area contributed by atoms with Gasteiger partial charge in [0.25, 0.3) is 5.91 Å². The minimum atomic E-state index is -0.195. The Morgan fingerprint density at radius 3 is 2.79 bits per heavy atom. The Bertz CT molecular complexity index is 1400. The molecule has 0 spiro atoms. The van der Waals surface area contributed by atoms with Gasteiger partial charge in [-0.05, 0) is 41.5 Å². The fraction of sp³-hybridized carbons (Fsp3) is 0.250. The summed E-state index contributed by atoms with van der Waals surface area (Å²) < 4.78 is 8.99. The average molecular weight is 536 g/mol. The lowest BCUT2D eigenvalue weighted by atomic mass is 10.0. The van der Waals surface area contributed by atoms with Crippen molar-refractivity contribution in [1.82, 2.24) is 19.4 Å². The number of aromatic nitrogens is 2. The highest BCUT2D eigenvalue weighted by atomic mass is 79.9. The molecule has 170 valence electrons. The van der Waals surface area contributed by atoms with Crippen LogP contribution in [-0.4, -0.2) is 56.6 Å². The van der Waals surface area contributed by atoms with Crippen molar-refractivity contribution in [1.29, 1.82) is 5.26 Å². The Balaban J connectivity index is 1.52. The van der Waals surface area contributed by atoms with E-state index >= 15 is 0 Å². The van der Waals surface area contributed by atoms with E-state index in [4.69, 9.17) is 4.74 Å². The van der Waals surface area contributed by atoms with E-state index in [1.807, 2.05) is 34.9 Å². The van der Waals surface area contributed by atoms with Crippen LogP contribution in [0.3, 0.4) is 0 Å². The van der Waals surface area contributed by atoms with Gasteiger partial charge in [-0.15, -0.1) is 0 Å². The van der Waals surface area contributed by atoms with Crippen molar-refractivity contribution in [3.8, 4) is 17.6 Å². The molecule has 0 saturated carbocycles. The van der Waals surface area contributed by atoms with Crippen LogP contribution in [0.25, 0.3) is 0 Å². The van der Waals surface area contributed by atoms with Crippen molar-refractivity contribution in [3.05, 3.63) is 69.5 Å². The maximum Gasteiger partial charge on any atom is 0.272 e. The van der Waals surface area contributed by atoms with E-state index < -0.39 is 0 Å². The van der Waals surface area contributed by atoms with Crippen LogP contribution in [0.5, 0.6) is 11.5 Å². The molecule has 10 heteroatoms. The van der Waals surface area contributed by atoms with Gasteiger partial charge in [-0.2, -0.15) is 5.26 Å². The van der Waals surface area contributed by atoms with E-state index in [0.29, 0.717) is 48.1 Å². The minimum Gasteiger partial charge on any atom is -0.456 e. The first-order valence-electron chi connectivity index (χ1n) is 10.8. The van der Waals surface area contributed by atoms with Gasteiger partial charge >= 0.3 is 0 Å². The molecule has 6 bridgehead atoms. The number of carbonyl (C=O) groups is 2. The molecule has 1 saturated heterocycles. The second-order valence-electron chi connectivity index (χ2n) is 8.39. The molecule has 1 aromatic heterocycles. The number of fused-ring (bicyclic) bond motifs is 2. The zero-order valence-corrected chi connectivity index (χ0v) is 20.3. The lowest BCUT2D eigenvalue weighted by molar-refractivity contribution is -0.135. The van der Waals surface area contributed by atoms with Crippen LogP contribution >= 0.6 is 27.7 Å². The highest BCUT2D eigenvalue weighted by Gasteiger charge is 2.35. The maximum atomic E-state index is 13.4. The number of piperazine rings is 1. The predicted molar refractivity (Wildman–Crippen MR) is 128 cm³/mol. The maximum absolute atomic E-state index is 13.4. The third kappa shape index (κ3) is 3.47. The first kappa shape index (κ1) is 21.3. The fourth-order valence-corrected chi connectivity index (χ4v) is 6.10. The van der Waals surface area contributed by atoms with E-state index in [1.54, 1.807) is 33.8 Å². The Morgan fingerprint density at radius 1 is 1.12 bits per heavy atom. The highest BCUT2D eigenvalue weighted by Crippen LogP contribution is 2.40. The normalized spacial score (nSPS) is 19.1. The molecule has 7 rings (SSSR count). The standard InChI is InChI=1S/C24H18BrN5O3S/c25-18-4-3-17-7-16(18)11-28-5-6-29(12-22(28)31)23(32)19-10-27-24-30(19)20(13-34-24)14-1-2-15(9-26)21(8-14)33-17/h1-4,7-8,10,20H,5-6,11-13H2/t20-/m0/s1. The molecule has 4 aliphatic heterocycles. The Hall–Kier alpha value is -3.29. The molecule has 0 radical (unpaired) electrons. The van der Waals surface area contributed by atoms with Crippen molar-refractivity contribution in [2.24, 2.45) is 0 Å². The zero-order valence-electron chi connectivity index (χ0n) is 17.9. The summed E-state index contributed by atoms with van der Waals surface area (Å²) in [5.41, 5.74) is 2.71. The molecule has 34 heavy (non-hydrogen) atoms. The number of imidazole rings is 1. The van der Waals surface area contributed by atoms with Crippen LogP contribution in [0.2, 0.25) is 0 Å². The molecule has 5 heterocycles. The van der Waals surface area contributed by atoms with Crippen LogP contribution in [0.15, 0.2) is 52.2 Å². The smallest absolute Gasteiger partial charge is 0.272 e. The van der Waals surface area contributed by atoms with E-state index in [-0.39, 0.29) is 24.4 Å². The monoisotopic (exact) mass is 535 g/mol. The molecule has 0 aliphatic carbocycles. The Labute approximate surface area is 208 Å². The van der Waals surface area contributed by atoms with Gasteiger partial charge < -0.3 is 19.1 Å². The lowest BCUT2D eigenvalue weighted by Crippen LogP contribution is -2.52. The summed E-state index contributed by atoms with van der Waals surface area (Å²) in [7, 11) is 0. The zero-order chi connectivity index (χ0) is 23.4. The number of hydrogen-bond donors (Lipinski definition) is 0. The summed E-state index contributed by atoms with van der Waals surface area (Å²) in [6.45, 7) is 1.33. The number of thioether (sulfide) groups is 1. The SMILES string of the molecule is N#Cc1ccc2cc1Oc1ccc(Br)c(c1)CN1CCN(CC1=O)C(=O)c1cnc3n1[C@H]2CS3. The number of rotatable bonds is 0. The molecule has 0 unspecified atom stereocenters. The van der Waals surface area contributed by atoms with Crippen LogP contribution in [-0.2, 0) is 11.3 Å². The molecular weight excluding hydrogens is 518 g/mol. The van der Waals surface area contributed by atoms with Crippen molar-refractivity contribution < 1.29 is 14.3 Å². The van der Waals surface area contributed by atoms with Crippen LogP contribution in [0.4, 0.5) is 0 Å². The van der Waals surface area contributed by atoms with E-state index in [1.165, 1.54) is 0 Å². The van der Waals surface area contributed by atoms with Crippen molar-refractivity contribution >= 4 is 39.5 Å². The summed E-state index contributed by atoms with van der Waals surface area (Å²) in [5.74, 6) is 1.45. The summed E-state index contributed by atoms with van der Waals surface area (Å²) >= 11 is 5.15. The van der Waals surface area contributed by atoms with Crippen LogP contribution in [0, 0.1) is 11.3 Å². The van der Waals surface area contributed by atoms with Gasteiger partial charge in [-0.1, -0.05) is 33.8 Å². The van der Waals surface area contributed by atoms with Gasteiger partial charge in [0, 0.05) is 29.9 Å². The third-order valence-electron chi connectivity index (χ3n) is 6.39. The predicted octanol–water partition coefficient (Wildman–Crippen LogP) is 3.80. The molecule has 2 amide bonds. The topological polar surface area (TPSA) is 91.5 Å².